The van der Waals surface area contributed by atoms with E-state index in [0.717, 1.165) is 5.56 Å². The van der Waals surface area contributed by atoms with Gasteiger partial charge < -0.3 is 16.2 Å². The van der Waals surface area contributed by atoms with Crippen LogP contribution in [0.25, 0.3) is 22.0 Å². The van der Waals surface area contributed by atoms with Crippen LogP contribution in [0.1, 0.15) is 36.8 Å². The van der Waals surface area contributed by atoms with Crippen LogP contribution in [0.15, 0.2) is 24.4 Å². The van der Waals surface area contributed by atoms with Gasteiger partial charge in [0.1, 0.15) is 10.8 Å². The van der Waals surface area contributed by atoms with Crippen molar-refractivity contribution in [3.05, 3.63) is 40.8 Å². The summed E-state index contributed by atoms with van der Waals surface area (Å²) in [5.41, 5.74) is 13.4. The second kappa shape index (κ2) is 6.79. The SMILES string of the molecule is Cc1ccc2c(cnn2C(=O)OC(C)(C)C)c1-c1cc(Cl)nc(C(N)=O)c1N. The summed E-state index contributed by atoms with van der Waals surface area (Å²) >= 11 is 6.08. The van der Waals surface area contributed by atoms with Gasteiger partial charge in [0.25, 0.3) is 5.91 Å². The van der Waals surface area contributed by atoms with Crippen molar-refractivity contribution >= 4 is 40.2 Å². The zero-order valence-electron chi connectivity index (χ0n) is 15.9. The third-order valence-corrected chi connectivity index (χ3v) is 4.25. The van der Waals surface area contributed by atoms with Crippen molar-refractivity contribution in [1.82, 2.24) is 14.8 Å². The average molecular weight is 402 g/mol. The molecule has 1 aromatic carbocycles. The number of aryl methyl sites for hydroxylation is 1. The predicted octanol–water partition coefficient (Wildman–Crippen LogP) is 3.52. The lowest BCUT2D eigenvalue weighted by Crippen LogP contribution is -2.27. The number of nitrogens with two attached hydrogens (primary N) is 2. The first-order chi connectivity index (χ1) is 13.0. The van der Waals surface area contributed by atoms with E-state index >= 15 is 0 Å². The summed E-state index contributed by atoms with van der Waals surface area (Å²) in [7, 11) is 0. The van der Waals surface area contributed by atoms with Gasteiger partial charge in [0.2, 0.25) is 0 Å². The van der Waals surface area contributed by atoms with Gasteiger partial charge in [0.05, 0.1) is 17.4 Å². The van der Waals surface area contributed by atoms with E-state index in [1.54, 1.807) is 39.1 Å². The number of ether oxygens (including phenoxy) is 1. The molecule has 146 valence electrons. The maximum Gasteiger partial charge on any atom is 0.435 e. The molecule has 0 saturated carbocycles. The van der Waals surface area contributed by atoms with Crippen molar-refractivity contribution in [1.29, 1.82) is 0 Å². The molecule has 28 heavy (non-hydrogen) atoms. The topological polar surface area (TPSA) is 126 Å². The Morgan fingerprint density at radius 3 is 2.54 bits per heavy atom. The molecule has 0 atom stereocenters. The molecule has 0 saturated heterocycles. The van der Waals surface area contributed by atoms with Crippen molar-refractivity contribution in [3.8, 4) is 11.1 Å². The summed E-state index contributed by atoms with van der Waals surface area (Å²) in [5.74, 6) is -0.782. The maximum atomic E-state index is 12.5. The largest absolute Gasteiger partial charge is 0.442 e. The monoisotopic (exact) mass is 401 g/mol. The number of pyridine rings is 1. The van der Waals surface area contributed by atoms with Gasteiger partial charge in [0, 0.05) is 10.9 Å². The van der Waals surface area contributed by atoms with Crippen LogP contribution >= 0.6 is 11.6 Å². The highest BCUT2D eigenvalue weighted by atomic mass is 35.5. The number of amides is 1. The molecular weight excluding hydrogens is 382 g/mol. The molecule has 2 aromatic heterocycles. The van der Waals surface area contributed by atoms with Gasteiger partial charge in [-0.3, -0.25) is 4.79 Å². The van der Waals surface area contributed by atoms with Crippen LogP contribution in [-0.2, 0) is 4.74 Å². The van der Waals surface area contributed by atoms with Crippen LogP contribution in [0.2, 0.25) is 5.15 Å². The van der Waals surface area contributed by atoms with Crippen molar-refractivity contribution in [2.24, 2.45) is 5.73 Å². The first kappa shape index (κ1) is 19.6. The zero-order valence-corrected chi connectivity index (χ0v) is 16.7. The van der Waals surface area contributed by atoms with Crippen molar-refractivity contribution in [2.45, 2.75) is 33.3 Å². The molecule has 2 heterocycles. The van der Waals surface area contributed by atoms with E-state index in [1.807, 2.05) is 13.0 Å². The number of anilines is 1. The number of hydrogen-bond donors (Lipinski definition) is 2. The molecule has 0 aliphatic heterocycles. The quantitative estimate of drug-likeness (QED) is 0.632. The Hall–Kier alpha value is -3.13. The Balaban J connectivity index is 2.26. The van der Waals surface area contributed by atoms with Gasteiger partial charge >= 0.3 is 6.09 Å². The molecule has 0 radical (unpaired) electrons. The number of nitrogen functional groups attached to an aromatic ring is 1. The minimum Gasteiger partial charge on any atom is -0.442 e. The second-order valence-electron chi connectivity index (χ2n) is 7.35. The maximum absolute atomic E-state index is 12.5. The van der Waals surface area contributed by atoms with Gasteiger partial charge in [0.15, 0.2) is 5.69 Å². The Morgan fingerprint density at radius 2 is 1.93 bits per heavy atom. The fourth-order valence-corrected chi connectivity index (χ4v) is 3.13. The number of hydrogen-bond acceptors (Lipinski definition) is 6. The van der Waals surface area contributed by atoms with Gasteiger partial charge in [-0.25, -0.2) is 9.78 Å². The van der Waals surface area contributed by atoms with E-state index in [9.17, 15) is 9.59 Å². The summed E-state index contributed by atoms with van der Waals surface area (Å²) in [5, 5.41) is 4.90. The van der Waals surface area contributed by atoms with E-state index in [4.69, 9.17) is 27.8 Å². The molecule has 0 unspecified atom stereocenters. The highest BCUT2D eigenvalue weighted by molar-refractivity contribution is 6.30. The molecule has 0 fully saturated rings. The lowest BCUT2D eigenvalue weighted by molar-refractivity contribution is 0.0522. The van der Waals surface area contributed by atoms with Gasteiger partial charge in [-0.1, -0.05) is 17.7 Å². The summed E-state index contributed by atoms with van der Waals surface area (Å²) < 4.78 is 6.58. The Labute approximate surface area is 166 Å². The third-order valence-electron chi connectivity index (χ3n) is 4.06. The summed E-state index contributed by atoms with van der Waals surface area (Å²) in [6.45, 7) is 7.20. The summed E-state index contributed by atoms with van der Waals surface area (Å²) in [6, 6.07) is 5.13. The molecule has 9 heteroatoms. The smallest absolute Gasteiger partial charge is 0.435 e. The van der Waals surface area contributed by atoms with Crippen LogP contribution in [-0.4, -0.2) is 32.4 Å². The molecule has 3 aromatic rings. The number of benzene rings is 1. The number of aromatic nitrogens is 3. The van der Waals surface area contributed by atoms with Crippen LogP contribution in [0, 0.1) is 6.92 Å². The number of carbonyl (C=O) groups excluding carboxylic acids is 2. The molecule has 1 amide bonds. The zero-order chi connectivity index (χ0) is 20.8. The lowest BCUT2D eigenvalue weighted by atomic mass is 9.95. The number of rotatable bonds is 2. The van der Waals surface area contributed by atoms with Gasteiger partial charge in [-0.2, -0.15) is 9.78 Å². The first-order valence-electron chi connectivity index (χ1n) is 8.46. The van der Waals surface area contributed by atoms with Gasteiger partial charge in [-0.05, 0) is 51.0 Å². The van der Waals surface area contributed by atoms with Gasteiger partial charge in [-0.15, -0.1) is 0 Å². The fourth-order valence-electron chi connectivity index (χ4n) is 2.94. The predicted molar refractivity (Wildman–Crippen MR) is 107 cm³/mol. The molecule has 0 bridgehead atoms. The fraction of sp³-hybridized carbons (Fsp3) is 0.263. The Bertz CT molecular complexity index is 1110. The van der Waals surface area contributed by atoms with Crippen molar-refractivity contribution in [3.63, 3.8) is 0 Å². The Morgan fingerprint density at radius 1 is 1.25 bits per heavy atom. The summed E-state index contributed by atoms with van der Waals surface area (Å²) in [6.07, 6.45) is 0.940. The average Bonchev–Trinajstić information content (AvgIpc) is 2.99. The van der Waals surface area contributed by atoms with Crippen LogP contribution in [0.5, 0.6) is 0 Å². The van der Waals surface area contributed by atoms with E-state index in [1.165, 1.54) is 4.68 Å². The molecule has 3 rings (SSSR count). The van der Waals surface area contributed by atoms with Crippen molar-refractivity contribution in [2.75, 3.05) is 5.73 Å². The normalized spacial score (nSPS) is 11.6. The Kier molecular flexibility index (Phi) is 4.76. The molecular formula is C19H20ClN5O3. The van der Waals surface area contributed by atoms with Crippen LogP contribution in [0.4, 0.5) is 10.5 Å². The highest BCUT2D eigenvalue weighted by Crippen LogP contribution is 2.37. The molecule has 4 N–H and O–H groups in total. The van der Waals surface area contributed by atoms with Crippen LogP contribution in [0.3, 0.4) is 0 Å². The highest BCUT2D eigenvalue weighted by Gasteiger charge is 2.23. The number of nitrogens with zero attached hydrogens (tertiary/aromatic N) is 3. The van der Waals surface area contributed by atoms with E-state index < -0.39 is 17.6 Å². The third kappa shape index (κ3) is 3.50. The second-order valence-corrected chi connectivity index (χ2v) is 7.73. The van der Waals surface area contributed by atoms with E-state index in [0.29, 0.717) is 22.0 Å². The minimum atomic E-state index is -0.782. The van der Waals surface area contributed by atoms with E-state index in [2.05, 4.69) is 10.1 Å². The molecule has 0 spiro atoms. The number of primary amides is 1. The van der Waals surface area contributed by atoms with Crippen LogP contribution < -0.4 is 11.5 Å². The minimum absolute atomic E-state index is 0.0777. The van der Waals surface area contributed by atoms with Crippen molar-refractivity contribution < 1.29 is 14.3 Å². The first-order valence-corrected chi connectivity index (χ1v) is 8.84. The molecule has 0 aliphatic carbocycles. The molecule has 8 nitrogen and oxygen atoms in total. The number of halogens is 1. The standard InChI is InChI=1S/C19H20ClN5O3/c1-9-5-6-12-11(8-23-25(12)18(27)28-19(2,3)4)14(9)10-7-13(20)24-16(15(10)21)17(22)26/h5-8H,21H2,1-4H3,(H2,22,26). The van der Waals surface area contributed by atoms with E-state index in [-0.39, 0.29) is 16.5 Å². The number of fused-ring (bicyclic) bond motifs is 1. The number of carbonyl (C=O) groups is 2. The summed E-state index contributed by atoms with van der Waals surface area (Å²) in [4.78, 5) is 28.1. The molecule has 0 aliphatic rings. The lowest BCUT2D eigenvalue weighted by Gasteiger charge is -2.19.